The van der Waals surface area contributed by atoms with E-state index >= 15 is 0 Å². The fourth-order valence-corrected chi connectivity index (χ4v) is 3.14. The molecule has 0 saturated carbocycles. The van der Waals surface area contributed by atoms with Gasteiger partial charge in [0.15, 0.2) is 0 Å². The lowest BCUT2D eigenvalue weighted by Crippen LogP contribution is -2.41. The lowest BCUT2D eigenvalue weighted by atomic mass is 10.0. The molecule has 0 aromatic carbocycles. The zero-order valence-corrected chi connectivity index (χ0v) is 12.4. The van der Waals surface area contributed by atoms with E-state index in [1.54, 1.807) is 11.3 Å². The zero-order valence-electron chi connectivity index (χ0n) is 10.8. The highest BCUT2D eigenvalue weighted by molar-refractivity contribution is 7.16. The first-order chi connectivity index (χ1) is 8.21. The van der Waals surface area contributed by atoms with Crippen LogP contribution >= 0.6 is 22.9 Å². The maximum absolute atomic E-state index is 5.96. The van der Waals surface area contributed by atoms with Crippen molar-refractivity contribution in [3.63, 3.8) is 0 Å². The van der Waals surface area contributed by atoms with Crippen molar-refractivity contribution < 1.29 is 4.74 Å². The first-order valence-electron chi connectivity index (χ1n) is 6.24. The van der Waals surface area contributed by atoms with Crippen LogP contribution in [-0.2, 0) is 11.2 Å². The third-order valence-corrected chi connectivity index (χ3v) is 4.08. The summed E-state index contributed by atoms with van der Waals surface area (Å²) < 4.78 is 6.68. The fraction of sp³-hybridized carbons (Fsp3) is 0.692. The van der Waals surface area contributed by atoms with Gasteiger partial charge in [0.25, 0.3) is 0 Å². The van der Waals surface area contributed by atoms with Crippen LogP contribution in [0.3, 0.4) is 0 Å². The third-order valence-electron chi connectivity index (χ3n) is 2.82. The summed E-state index contributed by atoms with van der Waals surface area (Å²) in [6, 6.07) is 4.43. The Kier molecular flexibility index (Phi) is 7.12. The fourth-order valence-electron chi connectivity index (χ4n) is 2.00. The Bertz CT molecular complexity index is 310. The molecule has 2 atom stereocenters. The molecule has 2 nitrogen and oxygen atoms in total. The summed E-state index contributed by atoms with van der Waals surface area (Å²) in [6.07, 6.45) is 3.52. The largest absolute Gasteiger partial charge is 0.377 e. The van der Waals surface area contributed by atoms with E-state index in [0.717, 1.165) is 30.2 Å². The van der Waals surface area contributed by atoms with Gasteiger partial charge in [0.05, 0.1) is 10.4 Å². The number of halogens is 1. The van der Waals surface area contributed by atoms with Crippen molar-refractivity contribution in [1.29, 1.82) is 0 Å². The molecular weight excluding hydrogens is 254 g/mol. The Morgan fingerprint density at radius 2 is 2.18 bits per heavy atom. The summed E-state index contributed by atoms with van der Waals surface area (Å²) >= 11 is 7.61. The van der Waals surface area contributed by atoms with E-state index in [2.05, 4.69) is 25.2 Å². The molecule has 4 heteroatoms. The van der Waals surface area contributed by atoms with Gasteiger partial charge in [-0.25, -0.2) is 0 Å². The Morgan fingerprint density at radius 1 is 1.41 bits per heavy atom. The molecule has 0 aliphatic carbocycles. The molecular formula is C13H22ClNOS. The van der Waals surface area contributed by atoms with Crippen LogP contribution < -0.4 is 5.32 Å². The van der Waals surface area contributed by atoms with Crippen LogP contribution in [-0.4, -0.2) is 25.8 Å². The summed E-state index contributed by atoms with van der Waals surface area (Å²) in [7, 11) is 2.00. The molecule has 0 aliphatic rings. The monoisotopic (exact) mass is 275 g/mol. The number of nitrogens with one attached hydrogen (secondary N) is 1. The molecule has 0 saturated heterocycles. The van der Waals surface area contributed by atoms with Crippen molar-refractivity contribution in [1.82, 2.24) is 5.32 Å². The zero-order chi connectivity index (χ0) is 12.7. The Balaban J connectivity index is 2.61. The molecule has 1 heterocycles. The minimum absolute atomic E-state index is 0.288. The molecule has 17 heavy (non-hydrogen) atoms. The topological polar surface area (TPSA) is 21.3 Å². The first-order valence-corrected chi connectivity index (χ1v) is 7.43. The molecule has 0 amide bonds. The van der Waals surface area contributed by atoms with Gasteiger partial charge in [0.1, 0.15) is 0 Å². The number of ether oxygens (including phenoxy) is 1. The predicted molar refractivity (Wildman–Crippen MR) is 76.2 cm³/mol. The van der Waals surface area contributed by atoms with Gasteiger partial charge < -0.3 is 10.1 Å². The summed E-state index contributed by atoms with van der Waals surface area (Å²) in [5, 5.41) is 3.37. The van der Waals surface area contributed by atoms with Crippen molar-refractivity contribution >= 4 is 22.9 Å². The minimum Gasteiger partial charge on any atom is -0.377 e. The Morgan fingerprint density at radius 3 is 2.65 bits per heavy atom. The molecule has 1 N–H and O–H groups in total. The van der Waals surface area contributed by atoms with Crippen molar-refractivity contribution in [3.05, 3.63) is 21.3 Å². The van der Waals surface area contributed by atoms with Gasteiger partial charge in [-0.2, -0.15) is 0 Å². The first kappa shape index (κ1) is 15.0. The number of hydrogen-bond donors (Lipinski definition) is 1. The minimum atomic E-state index is 0.288. The SMILES string of the molecule is CCCC(OCC)C(Cc1ccc(Cl)s1)NC. The van der Waals surface area contributed by atoms with Crippen LogP contribution in [0.15, 0.2) is 12.1 Å². The predicted octanol–water partition coefficient (Wildman–Crippen LogP) is 3.74. The molecule has 0 bridgehead atoms. The molecule has 2 unspecified atom stereocenters. The van der Waals surface area contributed by atoms with E-state index in [1.165, 1.54) is 4.88 Å². The van der Waals surface area contributed by atoms with Gasteiger partial charge in [-0.3, -0.25) is 0 Å². The van der Waals surface area contributed by atoms with Crippen LogP contribution in [0.5, 0.6) is 0 Å². The highest BCUT2D eigenvalue weighted by atomic mass is 35.5. The summed E-state index contributed by atoms with van der Waals surface area (Å²) in [4.78, 5) is 1.31. The quantitative estimate of drug-likeness (QED) is 0.780. The molecule has 0 fully saturated rings. The van der Waals surface area contributed by atoms with E-state index < -0.39 is 0 Å². The standard InChI is InChI=1S/C13H22ClNOS/c1-4-6-12(16-5-2)11(15-3)9-10-7-8-13(14)17-10/h7-8,11-12,15H,4-6,9H2,1-3H3. The van der Waals surface area contributed by atoms with E-state index in [0.29, 0.717) is 6.04 Å². The molecule has 0 aliphatic heterocycles. The molecule has 1 aromatic heterocycles. The van der Waals surface area contributed by atoms with Crippen molar-refractivity contribution in [2.45, 2.75) is 45.3 Å². The summed E-state index contributed by atoms with van der Waals surface area (Å²) in [5.74, 6) is 0. The molecule has 98 valence electrons. The number of likely N-dealkylation sites (N-methyl/N-ethyl adjacent to an activating group) is 1. The van der Waals surface area contributed by atoms with Crippen LogP contribution in [0, 0.1) is 0 Å². The van der Waals surface area contributed by atoms with E-state index in [9.17, 15) is 0 Å². The van der Waals surface area contributed by atoms with Gasteiger partial charge in [-0.1, -0.05) is 24.9 Å². The second-order valence-electron chi connectivity index (χ2n) is 4.09. The van der Waals surface area contributed by atoms with Gasteiger partial charge >= 0.3 is 0 Å². The smallest absolute Gasteiger partial charge is 0.0931 e. The van der Waals surface area contributed by atoms with Crippen LogP contribution in [0.4, 0.5) is 0 Å². The van der Waals surface area contributed by atoms with E-state index in [4.69, 9.17) is 16.3 Å². The molecule has 1 rings (SSSR count). The average molecular weight is 276 g/mol. The normalized spacial score (nSPS) is 14.8. The number of rotatable bonds is 8. The highest BCUT2D eigenvalue weighted by Gasteiger charge is 2.20. The summed E-state index contributed by atoms with van der Waals surface area (Å²) in [6.45, 7) is 5.02. The maximum atomic E-state index is 5.96. The lowest BCUT2D eigenvalue weighted by molar-refractivity contribution is 0.0303. The van der Waals surface area contributed by atoms with Gasteiger partial charge in [0.2, 0.25) is 0 Å². The Hall–Kier alpha value is -0.0900. The second-order valence-corrected chi connectivity index (χ2v) is 5.89. The highest BCUT2D eigenvalue weighted by Crippen LogP contribution is 2.24. The number of thiophene rings is 1. The summed E-state index contributed by atoms with van der Waals surface area (Å²) in [5.41, 5.74) is 0. The molecule has 0 radical (unpaired) electrons. The van der Waals surface area contributed by atoms with E-state index in [1.807, 2.05) is 13.1 Å². The van der Waals surface area contributed by atoms with Gasteiger partial charge in [-0.15, -0.1) is 11.3 Å². The van der Waals surface area contributed by atoms with Crippen LogP contribution in [0.2, 0.25) is 4.34 Å². The average Bonchev–Trinajstić information content (AvgIpc) is 2.72. The van der Waals surface area contributed by atoms with Gasteiger partial charge in [-0.05, 0) is 38.9 Å². The van der Waals surface area contributed by atoms with Crippen molar-refractivity contribution in [3.8, 4) is 0 Å². The van der Waals surface area contributed by atoms with Crippen molar-refractivity contribution in [2.24, 2.45) is 0 Å². The molecule has 1 aromatic rings. The Labute approximate surface area is 113 Å². The van der Waals surface area contributed by atoms with Crippen molar-refractivity contribution in [2.75, 3.05) is 13.7 Å². The number of hydrogen-bond acceptors (Lipinski definition) is 3. The molecule has 0 spiro atoms. The van der Waals surface area contributed by atoms with E-state index in [-0.39, 0.29) is 6.10 Å². The third kappa shape index (κ3) is 4.96. The second kappa shape index (κ2) is 8.09. The van der Waals surface area contributed by atoms with Crippen LogP contribution in [0.25, 0.3) is 0 Å². The van der Waals surface area contributed by atoms with Gasteiger partial charge in [0, 0.05) is 17.5 Å². The van der Waals surface area contributed by atoms with Crippen LogP contribution in [0.1, 0.15) is 31.6 Å². The maximum Gasteiger partial charge on any atom is 0.0931 e. The lowest BCUT2D eigenvalue weighted by Gasteiger charge is -2.26.